The van der Waals surface area contributed by atoms with Crippen molar-refractivity contribution in [2.75, 3.05) is 13.1 Å². The maximum atomic E-state index is 5.70. The van der Waals surface area contributed by atoms with Crippen molar-refractivity contribution in [2.24, 2.45) is 16.7 Å². The summed E-state index contributed by atoms with van der Waals surface area (Å²) < 4.78 is 0. The smallest absolute Gasteiger partial charge is 0.0191 e. The summed E-state index contributed by atoms with van der Waals surface area (Å²) in [4.78, 5) is 0. The van der Waals surface area contributed by atoms with Gasteiger partial charge in [0.25, 0.3) is 0 Å². The van der Waals surface area contributed by atoms with Crippen LogP contribution in [0.15, 0.2) is 0 Å². The predicted molar refractivity (Wildman–Crippen MR) is 41.2 cm³/mol. The highest BCUT2D eigenvalue weighted by Crippen LogP contribution is 2.67. The predicted octanol–water partition coefficient (Wildman–Crippen LogP) is 0.982. The normalized spacial score (nSPS) is 44.7. The first-order valence-electron chi connectivity index (χ1n) is 4.05. The minimum absolute atomic E-state index is 0.584. The summed E-state index contributed by atoms with van der Waals surface area (Å²) in [5, 5.41) is 1.97. The number of hydrogen-bond donors (Lipinski definition) is 1. The first-order valence-corrected chi connectivity index (χ1v) is 4.05. The lowest BCUT2D eigenvalue weighted by molar-refractivity contribution is 0.310. The van der Waals surface area contributed by atoms with E-state index in [1.807, 2.05) is 5.01 Å². The van der Waals surface area contributed by atoms with Crippen molar-refractivity contribution in [3.8, 4) is 0 Å². The van der Waals surface area contributed by atoms with Gasteiger partial charge in [-0.05, 0) is 23.7 Å². The van der Waals surface area contributed by atoms with Gasteiger partial charge in [0.2, 0.25) is 0 Å². The van der Waals surface area contributed by atoms with Gasteiger partial charge in [0.05, 0.1) is 0 Å². The van der Waals surface area contributed by atoms with E-state index in [-0.39, 0.29) is 0 Å². The Morgan fingerprint density at radius 2 is 2.00 bits per heavy atom. The second-order valence-corrected chi connectivity index (χ2v) is 4.56. The van der Waals surface area contributed by atoms with Crippen LogP contribution in [0.2, 0.25) is 0 Å². The summed E-state index contributed by atoms with van der Waals surface area (Å²) in [5.74, 6) is 5.70. The zero-order valence-electron chi connectivity index (χ0n) is 6.85. The van der Waals surface area contributed by atoms with Gasteiger partial charge in [0.1, 0.15) is 0 Å². The molecule has 1 spiro atoms. The molecule has 0 aromatic rings. The Morgan fingerprint density at radius 1 is 1.40 bits per heavy atom. The maximum absolute atomic E-state index is 5.70. The van der Waals surface area contributed by atoms with Crippen LogP contribution in [-0.4, -0.2) is 18.1 Å². The summed E-state index contributed by atoms with van der Waals surface area (Å²) in [5.41, 5.74) is 1.20. The molecule has 1 aliphatic carbocycles. The number of hydrazine groups is 1. The second kappa shape index (κ2) is 1.56. The molecule has 1 atom stereocenters. The van der Waals surface area contributed by atoms with E-state index in [4.69, 9.17) is 5.84 Å². The van der Waals surface area contributed by atoms with Crippen molar-refractivity contribution >= 4 is 0 Å². The minimum atomic E-state index is 0.584. The Bertz CT molecular complexity index is 165. The van der Waals surface area contributed by atoms with Crippen LogP contribution in [0.1, 0.15) is 26.7 Å². The van der Waals surface area contributed by atoms with Crippen LogP contribution in [0.25, 0.3) is 0 Å². The molecule has 1 unspecified atom stereocenters. The molecule has 2 nitrogen and oxygen atoms in total. The fourth-order valence-corrected chi connectivity index (χ4v) is 2.40. The summed E-state index contributed by atoms with van der Waals surface area (Å²) in [6.07, 6.45) is 2.70. The minimum Gasteiger partial charge on any atom is -0.269 e. The van der Waals surface area contributed by atoms with Gasteiger partial charge in [-0.2, -0.15) is 0 Å². The van der Waals surface area contributed by atoms with Crippen molar-refractivity contribution in [1.82, 2.24) is 5.01 Å². The Labute approximate surface area is 62.4 Å². The molecule has 2 heteroatoms. The molecule has 2 aliphatic rings. The zero-order chi connectivity index (χ0) is 7.41. The third kappa shape index (κ3) is 0.663. The van der Waals surface area contributed by atoms with Crippen LogP contribution in [0.5, 0.6) is 0 Å². The molecule has 0 aromatic carbocycles. The molecule has 1 aliphatic heterocycles. The van der Waals surface area contributed by atoms with Crippen LogP contribution in [0, 0.1) is 10.8 Å². The third-order valence-corrected chi connectivity index (χ3v) is 3.47. The summed E-state index contributed by atoms with van der Waals surface area (Å²) in [6.45, 7) is 6.93. The molecule has 2 rings (SSSR count). The van der Waals surface area contributed by atoms with Gasteiger partial charge in [-0.3, -0.25) is 5.84 Å². The highest BCUT2D eigenvalue weighted by atomic mass is 15.4. The van der Waals surface area contributed by atoms with E-state index in [0.29, 0.717) is 10.8 Å². The van der Waals surface area contributed by atoms with Crippen LogP contribution < -0.4 is 5.84 Å². The van der Waals surface area contributed by atoms with Gasteiger partial charge in [-0.1, -0.05) is 13.8 Å². The van der Waals surface area contributed by atoms with Gasteiger partial charge in [0, 0.05) is 13.1 Å². The monoisotopic (exact) mass is 140 g/mol. The fraction of sp³-hybridized carbons (Fsp3) is 1.00. The Hall–Kier alpha value is -0.0800. The van der Waals surface area contributed by atoms with E-state index in [2.05, 4.69) is 13.8 Å². The van der Waals surface area contributed by atoms with Gasteiger partial charge < -0.3 is 0 Å². The van der Waals surface area contributed by atoms with E-state index in [0.717, 1.165) is 13.1 Å². The zero-order valence-corrected chi connectivity index (χ0v) is 6.85. The second-order valence-electron chi connectivity index (χ2n) is 4.56. The van der Waals surface area contributed by atoms with Gasteiger partial charge >= 0.3 is 0 Å². The molecule has 2 fully saturated rings. The molecule has 58 valence electrons. The molecular formula is C8H16N2. The van der Waals surface area contributed by atoms with Crippen LogP contribution >= 0.6 is 0 Å². The van der Waals surface area contributed by atoms with Gasteiger partial charge in [0.15, 0.2) is 0 Å². The highest BCUT2D eigenvalue weighted by molar-refractivity contribution is 5.12. The molecule has 0 aromatic heterocycles. The lowest BCUT2D eigenvalue weighted by atomic mass is 9.95. The Balaban J connectivity index is 2.09. The lowest BCUT2D eigenvalue weighted by Gasteiger charge is -2.12. The van der Waals surface area contributed by atoms with Crippen molar-refractivity contribution in [1.29, 1.82) is 0 Å². The molecule has 0 radical (unpaired) electrons. The molecule has 2 N–H and O–H groups in total. The Morgan fingerprint density at radius 3 is 2.20 bits per heavy atom. The number of nitrogens with two attached hydrogens (primary N) is 1. The van der Waals surface area contributed by atoms with E-state index in [9.17, 15) is 0 Å². The Kier molecular flexibility index (Phi) is 1.03. The maximum Gasteiger partial charge on any atom is 0.0191 e. The third-order valence-electron chi connectivity index (χ3n) is 3.47. The van der Waals surface area contributed by atoms with E-state index >= 15 is 0 Å². The average molecular weight is 140 g/mol. The van der Waals surface area contributed by atoms with E-state index in [1.54, 1.807) is 0 Å². The van der Waals surface area contributed by atoms with Gasteiger partial charge in [-0.25, -0.2) is 5.01 Å². The topological polar surface area (TPSA) is 29.3 Å². The van der Waals surface area contributed by atoms with Crippen LogP contribution in [0.3, 0.4) is 0 Å². The molecule has 0 bridgehead atoms. The largest absolute Gasteiger partial charge is 0.269 e. The van der Waals surface area contributed by atoms with Crippen LogP contribution in [0.4, 0.5) is 0 Å². The first kappa shape index (κ1) is 6.62. The molecule has 0 amide bonds. The number of nitrogens with zero attached hydrogens (tertiary/aromatic N) is 1. The first-order chi connectivity index (χ1) is 4.56. The van der Waals surface area contributed by atoms with Gasteiger partial charge in [-0.15, -0.1) is 0 Å². The van der Waals surface area contributed by atoms with Crippen LogP contribution in [-0.2, 0) is 0 Å². The lowest BCUT2D eigenvalue weighted by Crippen LogP contribution is -2.28. The summed E-state index contributed by atoms with van der Waals surface area (Å²) >= 11 is 0. The number of rotatable bonds is 0. The molecule has 10 heavy (non-hydrogen) atoms. The SMILES string of the molecule is CC1(C)CC12CCN(N)C2. The molecule has 1 heterocycles. The van der Waals surface area contributed by atoms with Crippen molar-refractivity contribution < 1.29 is 0 Å². The quantitative estimate of drug-likeness (QED) is 0.508. The highest BCUT2D eigenvalue weighted by Gasteiger charge is 2.62. The van der Waals surface area contributed by atoms with Crippen molar-refractivity contribution in [3.05, 3.63) is 0 Å². The fourth-order valence-electron chi connectivity index (χ4n) is 2.40. The standard InChI is InChI=1S/C8H16N2/c1-7(2)5-8(7)3-4-10(9)6-8/h3-6,9H2,1-2H3. The number of hydrogen-bond acceptors (Lipinski definition) is 2. The van der Waals surface area contributed by atoms with Crippen molar-refractivity contribution in [2.45, 2.75) is 26.7 Å². The molecule has 1 saturated heterocycles. The van der Waals surface area contributed by atoms with E-state index < -0.39 is 0 Å². The molecule has 1 saturated carbocycles. The average Bonchev–Trinajstić information content (AvgIpc) is 2.20. The summed E-state index contributed by atoms with van der Waals surface area (Å²) in [7, 11) is 0. The summed E-state index contributed by atoms with van der Waals surface area (Å²) in [6, 6.07) is 0. The van der Waals surface area contributed by atoms with E-state index in [1.165, 1.54) is 12.8 Å². The molecular weight excluding hydrogens is 124 g/mol. The van der Waals surface area contributed by atoms with Crippen molar-refractivity contribution in [3.63, 3.8) is 0 Å².